The number of carboxylic acids is 1. The number of carboxylic acid groups (broad SMARTS) is 1. The monoisotopic (exact) mass is 568 g/mol. The molecule has 4 aromatic rings. The zero-order chi connectivity index (χ0) is 28.5. The van der Waals surface area contributed by atoms with Crippen molar-refractivity contribution in [2.24, 2.45) is 0 Å². The SMILES string of the molecule is CCCc1c(OCCCOc2cc(O)c(-c3ccc(F)cc3)cc2CC)cccc1Oc1ccccc1C(=O)O.[H-].[Na+]. The van der Waals surface area contributed by atoms with Gasteiger partial charge in [-0.3, -0.25) is 0 Å². The number of hydrogen-bond donors (Lipinski definition) is 2. The number of ether oxygens (including phenoxy) is 3. The zero-order valence-corrected chi connectivity index (χ0v) is 25.7. The van der Waals surface area contributed by atoms with Crippen LogP contribution in [-0.4, -0.2) is 29.4 Å². The maximum Gasteiger partial charge on any atom is 1.00 e. The van der Waals surface area contributed by atoms with Crippen LogP contribution in [-0.2, 0) is 12.8 Å². The summed E-state index contributed by atoms with van der Waals surface area (Å²) in [7, 11) is 0. The molecule has 0 radical (unpaired) electrons. The average Bonchev–Trinajstić information content (AvgIpc) is 2.95. The van der Waals surface area contributed by atoms with E-state index in [4.69, 9.17) is 14.2 Å². The second-order valence-corrected chi connectivity index (χ2v) is 9.27. The summed E-state index contributed by atoms with van der Waals surface area (Å²) in [6.45, 7) is 4.85. The van der Waals surface area contributed by atoms with E-state index in [0.29, 0.717) is 55.3 Å². The summed E-state index contributed by atoms with van der Waals surface area (Å²) < 4.78 is 31.4. The quantitative estimate of drug-likeness (QED) is 0.171. The van der Waals surface area contributed by atoms with Crippen LogP contribution < -0.4 is 43.8 Å². The van der Waals surface area contributed by atoms with Crippen LogP contribution in [0, 0.1) is 5.82 Å². The smallest absolute Gasteiger partial charge is 1.00 e. The Morgan fingerprint density at radius 2 is 1.51 bits per heavy atom. The Bertz CT molecular complexity index is 1460. The fraction of sp³-hybridized carbons (Fsp3) is 0.242. The first-order chi connectivity index (χ1) is 19.4. The van der Waals surface area contributed by atoms with Crippen molar-refractivity contribution in [1.82, 2.24) is 0 Å². The number of phenolic OH excluding ortho intramolecular Hbond substituents is 1. The molecule has 0 unspecified atom stereocenters. The predicted octanol–water partition coefficient (Wildman–Crippen LogP) is 5.17. The van der Waals surface area contributed by atoms with Crippen molar-refractivity contribution in [2.75, 3.05) is 13.2 Å². The number of aromatic carboxylic acids is 1. The van der Waals surface area contributed by atoms with Crippen LogP contribution >= 0.6 is 0 Å². The number of para-hydroxylation sites is 1. The Morgan fingerprint density at radius 1 is 0.854 bits per heavy atom. The van der Waals surface area contributed by atoms with Crippen molar-refractivity contribution < 1.29 is 64.6 Å². The number of carbonyl (C=O) groups is 1. The van der Waals surface area contributed by atoms with Crippen LogP contribution in [0.5, 0.6) is 28.7 Å². The summed E-state index contributed by atoms with van der Waals surface area (Å²) in [4.78, 5) is 11.6. The van der Waals surface area contributed by atoms with Crippen molar-refractivity contribution in [1.29, 1.82) is 0 Å². The van der Waals surface area contributed by atoms with Crippen molar-refractivity contribution in [2.45, 2.75) is 39.5 Å². The molecule has 210 valence electrons. The van der Waals surface area contributed by atoms with Gasteiger partial charge in [-0.25, -0.2) is 9.18 Å². The van der Waals surface area contributed by atoms with Gasteiger partial charge < -0.3 is 25.9 Å². The molecule has 6 nitrogen and oxygen atoms in total. The Hall–Kier alpha value is -3.52. The van der Waals surface area contributed by atoms with Crippen molar-refractivity contribution in [3.63, 3.8) is 0 Å². The first-order valence-electron chi connectivity index (χ1n) is 13.4. The summed E-state index contributed by atoms with van der Waals surface area (Å²) in [5, 5.41) is 20.1. The van der Waals surface area contributed by atoms with Gasteiger partial charge in [0.15, 0.2) is 0 Å². The van der Waals surface area contributed by atoms with Gasteiger partial charge in [-0.2, -0.15) is 0 Å². The molecule has 0 amide bonds. The van der Waals surface area contributed by atoms with Gasteiger partial charge in [-0.15, -0.1) is 0 Å². The molecule has 8 heteroatoms. The molecule has 0 saturated carbocycles. The molecular weight excluding hydrogens is 534 g/mol. The van der Waals surface area contributed by atoms with Crippen molar-refractivity contribution >= 4 is 5.97 Å². The third-order valence-electron chi connectivity index (χ3n) is 6.45. The molecule has 0 aromatic heterocycles. The van der Waals surface area contributed by atoms with E-state index in [1.165, 1.54) is 18.2 Å². The van der Waals surface area contributed by atoms with E-state index in [2.05, 4.69) is 6.92 Å². The molecule has 0 aliphatic rings. The second kappa shape index (κ2) is 15.5. The second-order valence-electron chi connectivity index (χ2n) is 9.27. The van der Waals surface area contributed by atoms with Gasteiger partial charge in [0.2, 0.25) is 0 Å². The van der Waals surface area contributed by atoms with Crippen LogP contribution in [0.4, 0.5) is 4.39 Å². The molecule has 0 heterocycles. The van der Waals surface area contributed by atoms with E-state index in [9.17, 15) is 19.4 Å². The minimum Gasteiger partial charge on any atom is -1.00 e. The topological polar surface area (TPSA) is 85.2 Å². The molecule has 0 bridgehead atoms. The summed E-state index contributed by atoms with van der Waals surface area (Å²) >= 11 is 0. The summed E-state index contributed by atoms with van der Waals surface area (Å²) in [6, 6.07) is 21.6. The van der Waals surface area contributed by atoms with E-state index in [0.717, 1.165) is 23.1 Å². The summed E-state index contributed by atoms with van der Waals surface area (Å²) in [5.41, 5.74) is 3.27. The van der Waals surface area contributed by atoms with Gasteiger partial charge >= 0.3 is 35.5 Å². The standard InChI is InChI=1S/C33H33FO6.Na.H/c1-3-9-25-29(12-7-13-30(25)40-31-11-6-5-10-26(31)33(36)37)38-18-8-19-39-32-21-28(35)27(20-22(32)4-2)23-14-16-24(34)17-15-23;;/h5-7,10-17,20-21,35H,3-4,8-9,18-19H2,1-2H3,(H,36,37);;/q;+1;-1. The molecule has 0 fully saturated rings. The van der Waals surface area contributed by atoms with Gasteiger partial charge in [-0.05, 0) is 66.4 Å². The fourth-order valence-corrected chi connectivity index (χ4v) is 4.43. The number of benzene rings is 4. The first kappa shape index (κ1) is 32.0. The predicted molar refractivity (Wildman–Crippen MR) is 154 cm³/mol. The average molecular weight is 569 g/mol. The van der Waals surface area contributed by atoms with E-state index in [1.54, 1.807) is 36.4 Å². The Kier molecular flexibility index (Phi) is 12.1. The van der Waals surface area contributed by atoms with E-state index >= 15 is 0 Å². The summed E-state index contributed by atoms with van der Waals surface area (Å²) in [6.07, 6.45) is 2.87. The normalized spacial score (nSPS) is 10.5. The number of phenols is 1. The molecule has 0 aliphatic carbocycles. The van der Waals surface area contributed by atoms with E-state index in [1.807, 2.05) is 31.2 Å². The molecule has 4 rings (SSSR count). The number of hydrogen-bond acceptors (Lipinski definition) is 5. The first-order valence-corrected chi connectivity index (χ1v) is 13.4. The third-order valence-corrected chi connectivity index (χ3v) is 6.45. The molecular formula is C33H34FNaO6. The molecule has 4 aromatic carbocycles. The maximum atomic E-state index is 13.3. The van der Waals surface area contributed by atoms with Crippen LogP contribution in [0.15, 0.2) is 78.9 Å². The van der Waals surface area contributed by atoms with Crippen LogP contribution in [0.25, 0.3) is 11.1 Å². The number of rotatable bonds is 13. The Labute approximate surface area is 263 Å². The molecule has 2 N–H and O–H groups in total. The minimum atomic E-state index is -1.05. The van der Waals surface area contributed by atoms with Crippen LogP contribution in [0.1, 0.15) is 49.6 Å². The van der Waals surface area contributed by atoms with Crippen molar-refractivity contribution in [3.8, 4) is 39.9 Å². The third kappa shape index (κ3) is 8.26. The molecule has 0 aliphatic heterocycles. The van der Waals surface area contributed by atoms with E-state index in [-0.39, 0.29) is 53.9 Å². The minimum absolute atomic E-state index is 0. The van der Waals surface area contributed by atoms with Gasteiger partial charge in [0, 0.05) is 23.6 Å². The number of halogens is 1. The molecule has 0 saturated heterocycles. The molecule has 41 heavy (non-hydrogen) atoms. The van der Waals surface area contributed by atoms with Crippen LogP contribution in [0.3, 0.4) is 0 Å². The van der Waals surface area contributed by atoms with Crippen LogP contribution in [0.2, 0.25) is 0 Å². The van der Waals surface area contributed by atoms with Crippen molar-refractivity contribution in [3.05, 3.63) is 101 Å². The van der Waals surface area contributed by atoms with Gasteiger partial charge in [-0.1, -0.05) is 50.6 Å². The number of aromatic hydroxyl groups is 1. The maximum absolute atomic E-state index is 13.3. The van der Waals surface area contributed by atoms with Gasteiger partial charge in [0.05, 0.1) is 13.2 Å². The molecule has 0 spiro atoms. The summed E-state index contributed by atoms with van der Waals surface area (Å²) in [5.74, 6) is 0.815. The fourth-order valence-electron chi connectivity index (χ4n) is 4.43. The zero-order valence-electron chi connectivity index (χ0n) is 24.7. The Morgan fingerprint density at radius 3 is 2.20 bits per heavy atom. The van der Waals surface area contributed by atoms with Gasteiger partial charge in [0.25, 0.3) is 0 Å². The van der Waals surface area contributed by atoms with E-state index < -0.39 is 5.97 Å². The molecule has 0 atom stereocenters. The van der Waals surface area contributed by atoms with Gasteiger partial charge in [0.1, 0.15) is 40.1 Å². The largest absolute Gasteiger partial charge is 1.00 e. The Balaban J connectivity index is 0.00000308. The number of aryl methyl sites for hydroxylation is 1.